The maximum atomic E-state index is 13.1. The van der Waals surface area contributed by atoms with Gasteiger partial charge in [-0.15, -0.1) is 0 Å². The number of benzene rings is 1. The van der Waals surface area contributed by atoms with Crippen LogP contribution in [0.5, 0.6) is 0 Å². The second-order valence-corrected chi connectivity index (χ2v) is 7.55. The fourth-order valence-electron chi connectivity index (χ4n) is 4.01. The number of carbonyl (C=O) groups is 1. The largest absolute Gasteiger partial charge is 0.368 e. The molecule has 2 aromatic rings. The van der Waals surface area contributed by atoms with Crippen LogP contribution in [0.1, 0.15) is 18.5 Å². The third-order valence-corrected chi connectivity index (χ3v) is 5.69. The Labute approximate surface area is 165 Å². The normalized spacial score (nSPS) is 18.4. The third kappa shape index (κ3) is 4.08. The standard InChI is InChI=1S/C21H26FN5O/c1-16-6-9-23-21(24-16)27-10-7-17(8-11-27)20(28)26-14-12-25(13-15-26)19-4-2-18(22)3-5-19/h2-6,9,17H,7-8,10-15H2,1H3. The van der Waals surface area contributed by atoms with E-state index in [9.17, 15) is 9.18 Å². The molecule has 1 aromatic carbocycles. The number of aryl methyl sites for hydroxylation is 1. The molecule has 28 heavy (non-hydrogen) atoms. The van der Waals surface area contributed by atoms with Gasteiger partial charge in [0, 0.05) is 62.8 Å². The van der Waals surface area contributed by atoms with Gasteiger partial charge in [-0.2, -0.15) is 0 Å². The average Bonchev–Trinajstić information content (AvgIpc) is 2.74. The number of aromatic nitrogens is 2. The van der Waals surface area contributed by atoms with E-state index in [1.165, 1.54) is 12.1 Å². The molecule has 1 amide bonds. The maximum absolute atomic E-state index is 13.1. The Hall–Kier alpha value is -2.70. The van der Waals surface area contributed by atoms with Crippen LogP contribution in [0.25, 0.3) is 0 Å². The molecule has 2 aliphatic rings. The van der Waals surface area contributed by atoms with Gasteiger partial charge in [-0.3, -0.25) is 4.79 Å². The molecule has 0 saturated carbocycles. The number of piperidine rings is 1. The highest BCUT2D eigenvalue weighted by Crippen LogP contribution is 2.24. The van der Waals surface area contributed by atoms with Crippen molar-refractivity contribution in [1.82, 2.24) is 14.9 Å². The number of hydrogen-bond acceptors (Lipinski definition) is 5. The van der Waals surface area contributed by atoms with Gasteiger partial charge < -0.3 is 14.7 Å². The third-order valence-electron chi connectivity index (χ3n) is 5.69. The summed E-state index contributed by atoms with van der Waals surface area (Å²) in [5.74, 6) is 0.890. The van der Waals surface area contributed by atoms with E-state index in [1.54, 1.807) is 18.3 Å². The number of piperazine rings is 1. The van der Waals surface area contributed by atoms with E-state index in [2.05, 4.69) is 19.8 Å². The number of amides is 1. The van der Waals surface area contributed by atoms with E-state index >= 15 is 0 Å². The lowest BCUT2D eigenvalue weighted by Gasteiger charge is -2.39. The van der Waals surface area contributed by atoms with Gasteiger partial charge in [-0.25, -0.2) is 14.4 Å². The lowest BCUT2D eigenvalue weighted by atomic mass is 9.95. The van der Waals surface area contributed by atoms with Gasteiger partial charge >= 0.3 is 0 Å². The number of halogens is 1. The molecule has 0 bridgehead atoms. The zero-order chi connectivity index (χ0) is 19.5. The van der Waals surface area contributed by atoms with Gasteiger partial charge in [-0.1, -0.05) is 0 Å². The summed E-state index contributed by atoms with van der Waals surface area (Å²) in [6.07, 6.45) is 3.47. The summed E-state index contributed by atoms with van der Waals surface area (Å²) in [6, 6.07) is 8.47. The van der Waals surface area contributed by atoms with Gasteiger partial charge in [-0.05, 0) is 50.1 Å². The molecule has 6 nitrogen and oxygen atoms in total. The lowest BCUT2D eigenvalue weighted by Crippen LogP contribution is -2.51. The van der Waals surface area contributed by atoms with Crippen LogP contribution in [0.4, 0.5) is 16.0 Å². The van der Waals surface area contributed by atoms with Gasteiger partial charge in [0.25, 0.3) is 0 Å². The monoisotopic (exact) mass is 383 g/mol. The quantitative estimate of drug-likeness (QED) is 0.815. The Morgan fingerprint density at radius 3 is 2.29 bits per heavy atom. The summed E-state index contributed by atoms with van der Waals surface area (Å²) in [6.45, 7) is 6.60. The Morgan fingerprint density at radius 1 is 0.964 bits per heavy atom. The number of rotatable bonds is 3. The molecular formula is C21H26FN5O. The zero-order valence-electron chi connectivity index (χ0n) is 16.2. The van der Waals surface area contributed by atoms with Crippen molar-refractivity contribution >= 4 is 17.5 Å². The second-order valence-electron chi connectivity index (χ2n) is 7.55. The molecule has 0 spiro atoms. The number of anilines is 2. The first-order chi connectivity index (χ1) is 13.6. The number of nitrogens with zero attached hydrogens (tertiary/aromatic N) is 5. The summed E-state index contributed by atoms with van der Waals surface area (Å²) in [7, 11) is 0. The Morgan fingerprint density at radius 2 is 1.64 bits per heavy atom. The van der Waals surface area contributed by atoms with Crippen LogP contribution < -0.4 is 9.80 Å². The first-order valence-corrected chi connectivity index (χ1v) is 9.94. The Bertz CT molecular complexity index is 812. The predicted molar refractivity (Wildman–Crippen MR) is 107 cm³/mol. The Kier molecular flexibility index (Phi) is 5.41. The van der Waals surface area contributed by atoms with E-state index in [0.29, 0.717) is 0 Å². The van der Waals surface area contributed by atoms with Gasteiger partial charge in [0.2, 0.25) is 11.9 Å². The van der Waals surface area contributed by atoms with Crippen LogP contribution in [-0.2, 0) is 4.79 Å². The van der Waals surface area contributed by atoms with Crippen LogP contribution in [0.3, 0.4) is 0 Å². The fourth-order valence-corrected chi connectivity index (χ4v) is 4.01. The van der Waals surface area contributed by atoms with Crippen LogP contribution in [0.2, 0.25) is 0 Å². The number of hydrogen-bond donors (Lipinski definition) is 0. The number of carbonyl (C=O) groups excluding carboxylic acids is 1. The van der Waals surface area contributed by atoms with E-state index in [1.807, 2.05) is 17.9 Å². The molecule has 2 saturated heterocycles. The first kappa shape index (κ1) is 18.7. The minimum absolute atomic E-state index is 0.0819. The molecule has 0 radical (unpaired) electrons. The molecule has 4 rings (SSSR count). The zero-order valence-corrected chi connectivity index (χ0v) is 16.2. The highest BCUT2D eigenvalue weighted by molar-refractivity contribution is 5.79. The molecule has 2 aliphatic heterocycles. The SMILES string of the molecule is Cc1ccnc(N2CCC(C(=O)N3CCN(c4ccc(F)cc4)CC3)CC2)n1. The van der Waals surface area contributed by atoms with Crippen molar-refractivity contribution < 1.29 is 9.18 Å². The topological polar surface area (TPSA) is 52.6 Å². The van der Waals surface area contributed by atoms with Gasteiger partial charge in [0.1, 0.15) is 5.82 Å². The molecule has 3 heterocycles. The fraction of sp³-hybridized carbons (Fsp3) is 0.476. The van der Waals surface area contributed by atoms with Gasteiger partial charge in [0.15, 0.2) is 0 Å². The lowest BCUT2D eigenvalue weighted by molar-refractivity contribution is -0.136. The van der Waals surface area contributed by atoms with E-state index in [-0.39, 0.29) is 17.6 Å². The molecule has 0 aliphatic carbocycles. The van der Waals surface area contributed by atoms with Gasteiger partial charge in [0.05, 0.1) is 0 Å². The van der Waals surface area contributed by atoms with E-state index in [0.717, 1.165) is 69.4 Å². The maximum Gasteiger partial charge on any atom is 0.225 e. The molecule has 1 aromatic heterocycles. The van der Waals surface area contributed by atoms with Crippen molar-refractivity contribution in [3.05, 3.63) is 48.0 Å². The van der Waals surface area contributed by atoms with Crippen molar-refractivity contribution in [2.24, 2.45) is 5.92 Å². The average molecular weight is 383 g/mol. The summed E-state index contributed by atoms with van der Waals surface area (Å²) in [5, 5.41) is 0. The van der Waals surface area contributed by atoms with Crippen LogP contribution in [-0.4, -0.2) is 60.0 Å². The summed E-state index contributed by atoms with van der Waals surface area (Å²) in [5.41, 5.74) is 1.97. The molecule has 0 N–H and O–H groups in total. The highest BCUT2D eigenvalue weighted by atomic mass is 19.1. The van der Waals surface area contributed by atoms with Crippen LogP contribution in [0, 0.1) is 18.7 Å². The van der Waals surface area contributed by atoms with Crippen molar-refractivity contribution in [2.75, 3.05) is 49.1 Å². The molecule has 2 fully saturated rings. The minimum atomic E-state index is -0.222. The van der Waals surface area contributed by atoms with Crippen molar-refractivity contribution in [1.29, 1.82) is 0 Å². The molecule has 0 unspecified atom stereocenters. The first-order valence-electron chi connectivity index (χ1n) is 9.94. The summed E-state index contributed by atoms with van der Waals surface area (Å²) >= 11 is 0. The predicted octanol–water partition coefficient (Wildman–Crippen LogP) is 2.49. The van der Waals surface area contributed by atoms with Crippen LogP contribution in [0.15, 0.2) is 36.5 Å². The smallest absolute Gasteiger partial charge is 0.225 e. The van der Waals surface area contributed by atoms with E-state index in [4.69, 9.17) is 0 Å². The van der Waals surface area contributed by atoms with Crippen molar-refractivity contribution in [3.63, 3.8) is 0 Å². The van der Waals surface area contributed by atoms with Crippen LogP contribution >= 0.6 is 0 Å². The van der Waals surface area contributed by atoms with E-state index < -0.39 is 0 Å². The molecule has 148 valence electrons. The summed E-state index contributed by atoms with van der Waals surface area (Å²) < 4.78 is 13.1. The Balaban J connectivity index is 1.28. The molecule has 7 heteroatoms. The molecule has 0 atom stereocenters. The molecular weight excluding hydrogens is 357 g/mol. The van der Waals surface area contributed by atoms with Crippen molar-refractivity contribution in [3.8, 4) is 0 Å². The highest BCUT2D eigenvalue weighted by Gasteiger charge is 2.31. The summed E-state index contributed by atoms with van der Waals surface area (Å²) in [4.78, 5) is 28.2. The second kappa shape index (κ2) is 8.12. The minimum Gasteiger partial charge on any atom is -0.368 e. The van der Waals surface area contributed by atoms with Crippen molar-refractivity contribution in [2.45, 2.75) is 19.8 Å².